The lowest BCUT2D eigenvalue weighted by atomic mass is 10.3. The molecule has 2 nitrogen and oxygen atoms in total. The highest BCUT2D eigenvalue weighted by Gasteiger charge is 2.08. The van der Waals surface area contributed by atoms with Gasteiger partial charge in [-0.2, -0.15) is 0 Å². The first kappa shape index (κ1) is 7.69. The molecule has 1 unspecified atom stereocenters. The van der Waals surface area contributed by atoms with Crippen molar-refractivity contribution in [1.29, 1.82) is 0 Å². The van der Waals surface area contributed by atoms with E-state index in [0.29, 0.717) is 0 Å². The zero-order valence-electron chi connectivity index (χ0n) is 5.60. The molecule has 0 aliphatic carbocycles. The van der Waals surface area contributed by atoms with Gasteiger partial charge in [0.15, 0.2) is 0 Å². The van der Waals surface area contributed by atoms with Gasteiger partial charge in [-0.25, -0.2) is 0 Å². The third-order valence-electron chi connectivity index (χ3n) is 1.22. The van der Waals surface area contributed by atoms with Crippen LogP contribution in [-0.2, 0) is 9.53 Å². The van der Waals surface area contributed by atoms with Gasteiger partial charge in [-0.3, -0.25) is 4.79 Å². The zero-order chi connectivity index (χ0) is 6.57. The molecule has 0 aliphatic heterocycles. The first-order valence-corrected chi connectivity index (χ1v) is 3.95. The highest BCUT2D eigenvalue weighted by atomic mass is 28.1. The molecule has 0 rings (SSSR count). The van der Waals surface area contributed by atoms with Crippen molar-refractivity contribution in [3.8, 4) is 0 Å². The number of hydrogen-bond acceptors (Lipinski definition) is 2. The minimum Gasteiger partial charge on any atom is -0.469 e. The van der Waals surface area contributed by atoms with Crippen molar-refractivity contribution in [1.82, 2.24) is 0 Å². The Morgan fingerprint density at radius 2 is 2.38 bits per heavy atom. The number of rotatable bonds is 2. The Balaban J connectivity index is 3.46. The second-order valence-corrected chi connectivity index (χ2v) is 3.23. The van der Waals surface area contributed by atoms with Crippen LogP contribution < -0.4 is 0 Å². The molecular weight excluding hydrogens is 120 g/mol. The fourth-order valence-corrected chi connectivity index (χ4v) is 0.604. The largest absolute Gasteiger partial charge is 0.469 e. The molecule has 0 aromatic rings. The van der Waals surface area contributed by atoms with E-state index >= 15 is 0 Å². The number of ether oxygens (including phenoxy) is 1. The highest BCUT2D eigenvalue weighted by molar-refractivity contribution is 6.22. The number of carbonyl (C=O) groups excluding carboxylic acids is 1. The lowest BCUT2D eigenvalue weighted by Gasteiger charge is -2.02. The van der Waals surface area contributed by atoms with Crippen LogP contribution >= 0.6 is 0 Å². The van der Waals surface area contributed by atoms with E-state index in [0.717, 1.165) is 16.7 Å². The minimum absolute atomic E-state index is 0.0563. The first-order valence-electron chi connectivity index (χ1n) is 2.80. The summed E-state index contributed by atoms with van der Waals surface area (Å²) >= 11 is 0. The molecule has 0 aromatic carbocycles. The van der Waals surface area contributed by atoms with Gasteiger partial charge in [-0.15, -0.1) is 0 Å². The molecule has 0 spiro atoms. The second-order valence-electron chi connectivity index (χ2n) is 1.83. The van der Waals surface area contributed by atoms with Crippen molar-refractivity contribution in [3.63, 3.8) is 0 Å². The third-order valence-corrected chi connectivity index (χ3v) is 2.50. The summed E-state index contributed by atoms with van der Waals surface area (Å²) in [6.07, 6.45) is 0.916. The van der Waals surface area contributed by atoms with Gasteiger partial charge in [0.2, 0.25) is 0 Å². The monoisotopic (exact) mass is 132 g/mol. The summed E-state index contributed by atoms with van der Waals surface area (Å²) in [6.45, 7) is 1.99. The van der Waals surface area contributed by atoms with E-state index in [-0.39, 0.29) is 11.5 Å². The van der Waals surface area contributed by atoms with Gasteiger partial charge in [0, 0.05) is 15.8 Å². The molecule has 0 fully saturated rings. The quantitative estimate of drug-likeness (QED) is 0.382. The summed E-state index contributed by atoms with van der Waals surface area (Å²) in [5, 5.41) is 0. The Kier molecular flexibility index (Phi) is 3.52. The van der Waals surface area contributed by atoms with Gasteiger partial charge in [0.25, 0.3) is 0 Å². The van der Waals surface area contributed by atoms with Crippen molar-refractivity contribution < 1.29 is 9.53 Å². The lowest BCUT2D eigenvalue weighted by molar-refractivity contribution is -0.140. The molecule has 48 valence electrons. The minimum atomic E-state index is -0.0563. The molecule has 0 N–H and O–H groups in total. The number of carbonyl (C=O) groups is 1. The molecule has 0 bridgehead atoms. The van der Waals surface area contributed by atoms with Crippen molar-refractivity contribution >= 4 is 16.2 Å². The maximum Gasteiger partial charge on any atom is 0.304 e. The number of methoxy groups -OCH3 is 1. The Labute approximate surface area is 52.6 Å². The zero-order valence-corrected chi connectivity index (χ0v) is 7.60. The second kappa shape index (κ2) is 3.66. The van der Waals surface area contributed by atoms with Crippen molar-refractivity contribution in [3.05, 3.63) is 0 Å². The van der Waals surface area contributed by atoms with E-state index in [1.165, 1.54) is 7.11 Å². The standard InChI is InChI=1S/C5H12O2Si/c1-3-4(8)5(6)7-2/h4H,3H2,1-2,8H3. The summed E-state index contributed by atoms with van der Waals surface area (Å²) < 4.78 is 4.50. The summed E-state index contributed by atoms with van der Waals surface area (Å²) in [5.41, 5.74) is 0.194. The predicted octanol–water partition coefficient (Wildman–Crippen LogP) is -0.277. The Bertz CT molecular complexity index is 82.5. The normalized spacial score (nSPS) is 13.2. The van der Waals surface area contributed by atoms with Crippen LogP contribution in [0.2, 0.25) is 5.54 Å². The van der Waals surface area contributed by atoms with E-state index in [2.05, 4.69) is 4.74 Å². The molecule has 0 amide bonds. The maximum atomic E-state index is 10.6. The van der Waals surface area contributed by atoms with Crippen LogP contribution in [0.3, 0.4) is 0 Å². The SMILES string of the molecule is CCC([SiH3])C(=O)OC. The van der Waals surface area contributed by atoms with E-state index in [1.54, 1.807) is 0 Å². The first-order chi connectivity index (χ1) is 3.72. The van der Waals surface area contributed by atoms with E-state index < -0.39 is 0 Å². The molecule has 1 atom stereocenters. The summed E-state index contributed by atoms with van der Waals surface area (Å²) in [6, 6.07) is 0. The molecule has 8 heavy (non-hydrogen) atoms. The van der Waals surface area contributed by atoms with Crippen LogP contribution in [0, 0.1) is 0 Å². The Morgan fingerprint density at radius 1 is 1.88 bits per heavy atom. The van der Waals surface area contributed by atoms with Gasteiger partial charge in [0.1, 0.15) is 0 Å². The predicted molar refractivity (Wildman–Crippen MR) is 36.0 cm³/mol. The molecule has 0 heterocycles. The van der Waals surface area contributed by atoms with Crippen LogP contribution in [0.1, 0.15) is 13.3 Å². The fourth-order valence-electron chi connectivity index (χ4n) is 0.368. The molecular formula is C5H12O2Si. The average molecular weight is 132 g/mol. The van der Waals surface area contributed by atoms with Gasteiger partial charge >= 0.3 is 5.97 Å². The number of hydrogen-bond donors (Lipinski definition) is 0. The summed E-state index contributed by atoms with van der Waals surface area (Å²) in [7, 11) is 2.34. The lowest BCUT2D eigenvalue weighted by Crippen LogP contribution is -2.08. The van der Waals surface area contributed by atoms with Gasteiger partial charge in [-0.1, -0.05) is 6.92 Å². The van der Waals surface area contributed by atoms with E-state index in [1.807, 2.05) is 6.92 Å². The maximum absolute atomic E-state index is 10.6. The Hall–Kier alpha value is -0.313. The van der Waals surface area contributed by atoms with Crippen molar-refractivity contribution in [2.24, 2.45) is 0 Å². The van der Waals surface area contributed by atoms with Gasteiger partial charge < -0.3 is 4.74 Å². The molecule has 0 aliphatic rings. The van der Waals surface area contributed by atoms with Crippen LogP contribution in [0.4, 0.5) is 0 Å². The van der Waals surface area contributed by atoms with Crippen LogP contribution in [0.5, 0.6) is 0 Å². The van der Waals surface area contributed by atoms with E-state index in [9.17, 15) is 4.79 Å². The number of esters is 1. The molecule has 0 saturated carbocycles. The van der Waals surface area contributed by atoms with Crippen LogP contribution in [0.15, 0.2) is 0 Å². The smallest absolute Gasteiger partial charge is 0.304 e. The van der Waals surface area contributed by atoms with Gasteiger partial charge in [-0.05, 0) is 6.42 Å². The molecule has 0 saturated heterocycles. The Morgan fingerprint density at radius 3 is 2.50 bits per heavy atom. The highest BCUT2D eigenvalue weighted by Crippen LogP contribution is 2.04. The molecule has 0 aromatic heterocycles. The van der Waals surface area contributed by atoms with Crippen molar-refractivity contribution in [2.75, 3.05) is 7.11 Å². The fraction of sp³-hybridized carbons (Fsp3) is 0.800. The van der Waals surface area contributed by atoms with Crippen LogP contribution in [-0.4, -0.2) is 23.3 Å². The van der Waals surface area contributed by atoms with Crippen molar-refractivity contribution in [2.45, 2.75) is 18.9 Å². The summed E-state index contributed by atoms with van der Waals surface area (Å²) in [4.78, 5) is 10.6. The summed E-state index contributed by atoms with van der Waals surface area (Å²) in [5.74, 6) is -0.0563. The van der Waals surface area contributed by atoms with E-state index in [4.69, 9.17) is 0 Å². The third kappa shape index (κ3) is 2.11. The topological polar surface area (TPSA) is 26.3 Å². The molecule has 3 heteroatoms. The average Bonchev–Trinajstić information content (AvgIpc) is 1.84. The molecule has 0 radical (unpaired) electrons. The van der Waals surface area contributed by atoms with Gasteiger partial charge in [0.05, 0.1) is 7.11 Å². The van der Waals surface area contributed by atoms with Crippen LogP contribution in [0.25, 0.3) is 0 Å².